The molecule has 6 heteroatoms. The lowest BCUT2D eigenvalue weighted by atomic mass is 9.47. The third-order valence-electron chi connectivity index (χ3n) is 10.1. The number of rotatable bonds is 3. The van der Waals surface area contributed by atoms with E-state index in [9.17, 15) is 14.4 Å². The largest absolute Gasteiger partial charge is 0.342 e. The minimum Gasteiger partial charge on any atom is -0.342 e. The number of carbonyl (C=O) groups excluding carboxylic acids is 3. The Labute approximate surface area is 200 Å². The lowest BCUT2D eigenvalue weighted by Crippen LogP contribution is -2.61. The SMILES string of the molecule is CC(C)NC(=O)N(C(=O)[C@H]1C[C@H]2[C@@H]3CC[C@H]4N(C)C(=O)CC[C@]4(C)[C@H]3CC[C@]2(C)C1)C(C)C. The van der Waals surface area contributed by atoms with Crippen LogP contribution >= 0.6 is 0 Å². The summed E-state index contributed by atoms with van der Waals surface area (Å²) in [5.41, 5.74) is 0.369. The van der Waals surface area contributed by atoms with Gasteiger partial charge in [0.05, 0.1) is 0 Å². The van der Waals surface area contributed by atoms with Gasteiger partial charge in [-0.1, -0.05) is 13.8 Å². The maximum Gasteiger partial charge on any atom is 0.324 e. The molecule has 1 aliphatic heterocycles. The van der Waals surface area contributed by atoms with Crippen molar-refractivity contribution in [2.24, 2.45) is 34.5 Å². The number of piperidine rings is 1. The van der Waals surface area contributed by atoms with Crippen molar-refractivity contribution in [1.82, 2.24) is 15.1 Å². The van der Waals surface area contributed by atoms with Gasteiger partial charge in [-0.05, 0) is 101 Å². The van der Waals surface area contributed by atoms with E-state index in [1.165, 1.54) is 11.3 Å². The van der Waals surface area contributed by atoms with Gasteiger partial charge >= 0.3 is 6.03 Å². The van der Waals surface area contributed by atoms with Crippen molar-refractivity contribution in [3.8, 4) is 0 Å². The first-order valence-corrected chi connectivity index (χ1v) is 13.3. The highest BCUT2D eigenvalue weighted by Crippen LogP contribution is 2.65. The molecule has 7 atom stereocenters. The Balaban J connectivity index is 1.54. The van der Waals surface area contributed by atoms with Crippen molar-refractivity contribution in [1.29, 1.82) is 0 Å². The van der Waals surface area contributed by atoms with Crippen LogP contribution in [0.2, 0.25) is 0 Å². The highest BCUT2D eigenvalue weighted by atomic mass is 16.2. The second kappa shape index (κ2) is 8.57. The van der Waals surface area contributed by atoms with Crippen LogP contribution in [0.15, 0.2) is 0 Å². The molecule has 3 saturated carbocycles. The monoisotopic (exact) mass is 459 g/mol. The van der Waals surface area contributed by atoms with Gasteiger partial charge in [0.2, 0.25) is 11.8 Å². The fourth-order valence-corrected chi connectivity index (χ4v) is 8.50. The maximum atomic E-state index is 13.6. The van der Waals surface area contributed by atoms with Crippen LogP contribution in [0, 0.1) is 34.5 Å². The van der Waals surface area contributed by atoms with Crippen LogP contribution in [0.4, 0.5) is 4.79 Å². The summed E-state index contributed by atoms with van der Waals surface area (Å²) in [6.45, 7) is 12.6. The summed E-state index contributed by atoms with van der Waals surface area (Å²) in [4.78, 5) is 42.4. The smallest absolute Gasteiger partial charge is 0.324 e. The lowest BCUT2D eigenvalue weighted by molar-refractivity contribution is -0.157. The molecule has 0 aromatic rings. The molecule has 186 valence electrons. The fraction of sp³-hybridized carbons (Fsp3) is 0.889. The molecule has 33 heavy (non-hydrogen) atoms. The molecular weight excluding hydrogens is 414 g/mol. The van der Waals surface area contributed by atoms with Gasteiger partial charge in [-0.2, -0.15) is 0 Å². The van der Waals surface area contributed by atoms with E-state index in [1.54, 1.807) is 0 Å². The first-order valence-electron chi connectivity index (χ1n) is 13.3. The molecule has 1 heterocycles. The molecular formula is C27H45N3O3. The summed E-state index contributed by atoms with van der Waals surface area (Å²) < 4.78 is 0. The molecule has 0 aromatic carbocycles. The predicted octanol–water partition coefficient (Wildman–Crippen LogP) is 4.82. The van der Waals surface area contributed by atoms with Crippen LogP contribution in [-0.2, 0) is 9.59 Å². The van der Waals surface area contributed by atoms with Gasteiger partial charge in [-0.25, -0.2) is 4.79 Å². The molecule has 4 fully saturated rings. The number of urea groups is 1. The van der Waals surface area contributed by atoms with E-state index in [2.05, 4.69) is 19.2 Å². The van der Waals surface area contributed by atoms with E-state index in [0.29, 0.717) is 36.1 Å². The van der Waals surface area contributed by atoms with E-state index >= 15 is 0 Å². The van der Waals surface area contributed by atoms with Gasteiger partial charge in [-0.3, -0.25) is 14.5 Å². The summed E-state index contributed by atoms with van der Waals surface area (Å²) in [6.07, 6.45) is 8.08. The number of nitrogens with zero attached hydrogens (tertiary/aromatic N) is 2. The predicted molar refractivity (Wildman–Crippen MR) is 129 cm³/mol. The highest BCUT2D eigenvalue weighted by molar-refractivity contribution is 5.96. The molecule has 0 aromatic heterocycles. The van der Waals surface area contributed by atoms with Gasteiger partial charge < -0.3 is 10.2 Å². The highest BCUT2D eigenvalue weighted by Gasteiger charge is 2.61. The number of hydrogen-bond acceptors (Lipinski definition) is 3. The summed E-state index contributed by atoms with van der Waals surface area (Å²) in [6, 6.07) is -0.0401. The Kier molecular flexibility index (Phi) is 6.37. The molecule has 0 spiro atoms. The minimum absolute atomic E-state index is 0.00687. The number of carbonyl (C=O) groups is 3. The summed E-state index contributed by atoms with van der Waals surface area (Å²) in [5.74, 6) is 2.04. The van der Waals surface area contributed by atoms with Gasteiger partial charge in [0.25, 0.3) is 0 Å². The van der Waals surface area contributed by atoms with Crippen molar-refractivity contribution >= 4 is 17.8 Å². The Bertz CT molecular complexity index is 810. The normalized spacial score (nSPS) is 40.3. The van der Waals surface area contributed by atoms with Crippen molar-refractivity contribution in [2.75, 3.05) is 7.05 Å². The summed E-state index contributed by atoms with van der Waals surface area (Å²) >= 11 is 0. The van der Waals surface area contributed by atoms with Crippen LogP contribution in [-0.4, -0.2) is 52.8 Å². The maximum absolute atomic E-state index is 13.6. The molecule has 3 aliphatic carbocycles. The number of imide groups is 1. The number of hydrogen-bond donors (Lipinski definition) is 1. The lowest BCUT2D eigenvalue weighted by Gasteiger charge is -2.61. The third-order valence-corrected chi connectivity index (χ3v) is 10.1. The van der Waals surface area contributed by atoms with Crippen LogP contribution in [0.5, 0.6) is 0 Å². The average molecular weight is 460 g/mol. The van der Waals surface area contributed by atoms with Crippen LogP contribution < -0.4 is 5.32 Å². The zero-order valence-corrected chi connectivity index (χ0v) is 21.8. The molecule has 0 radical (unpaired) electrons. The van der Waals surface area contributed by atoms with Crippen molar-refractivity contribution < 1.29 is 14.4 Å². The zero-order valence-electron chi connectivity index (χ0n) is 21.8. The molecule has 6 nitrogen and oxygen atoms in total. The number of fused-ring (bicyclic) bond motifs is 5. The third kappa shape index (κ3) is 3.99. The number of likely N-dealkylation sites (tertiary alicyclic amines) is 1. The van der Waals surface area contributed by atoms with Crippen LogP contribution in [0.25, 0.3) is 0 Å². The van der Waals surface area contributed by atoms with Crippen LogP contribution in [0.1, 0.15) is 92.9 Å². The van der Waals surface area contributed by atoms with Crippen molar-refractivity contribution in [3.63, 3.8) is 0 Å². The first-order chi connectivity index (χ1) is 15.4. The number of nitrogens with one attached hydrogen (secondary N) is 1. The molecule has 4 rings (SSSR count). The van der Waals surface area contributed by atoms with E-state index in [4.69, 9.17) is 0 Å². The van der Waals surface area contributed by atoms with Gasteiger partial charge in [0, 0.05) is 37.5 Å². The van der Waals surface area contributed by atoms with E-state index < -0.39 is 0 Å². The molecule has 4 amide bonds. The summed E-state index contributed by atoms with van der Waals surface area (Å²) in [7, 11) is 2.00. The van der Waals surface area contributed by atoms with E-state index in [1.807, 2.05) is 39.6 Å². The first kappa shape index (κ1) is 24.5. The zero-order chi connectivity index (χ0) is 24.3. The van der Waals surface area contributed by atoms with E-state index in [-0.39, 0.29) is 40.8 Å². The van der Waals surface area contributed by atoms with Crippen LogP contribution in [0.3, 0.4) is 0 Å². The standard InChI is InChI=1S/C27H45N3O3/c1-16(2)28-25(33)30(17(3)4)24(32)18-14-21-19-8-9-22-27(6,13-11-23(31)29(22)7)20(19)10-12-26(21,5)15-18/h16-22H,8-15H2,1-7H3,(H,28,33)/t18-,19+,20-,21-,22+,26+,27+/m0/s1. The molecule has 0 bridgehead atoms. The molecule has 0 unspecified atom stereocenters. The molecule has 1 N–H and O–H groups in total. The Hall–Kier alpha value is -1.59. The molecule has 4 aliphatic rings. The van der Waals surface area contributed by atoms with E-state index in [0.717, 1.165) is 38.5 Å². The second-order valence-electron chi connectivity index (χ2n) is 12.7. The van der Waals surface area contributed by atoms with Gasteiger partial charge in [0.15, 0.2) is 0 Å². The topological polar surface area (TPSA) is 69.7 Å². The Morgan fingerprint density at radius 3 is 2.39 bits per heavy atom. The van der Waals surface area contributed by atoms with Crippen molar-refractivity contribution in [2.45, 2.75) is 111 Å². The minimum atomic E-state index is -0.258. The van der Waals surface area contributed by atoms with Crippen molar-refractivity contribution in [3.05, 3.63) is 0 Å². The van der Waals surface area contributed by atoms with Gasteiger partial charge in [-0.15, -0.1) is 0 Å². The average Bonchev–Trinajstić information content (AvgIpc) is 3.08. The molecule has 1 saturated heterocycles. The number of amides is 4. The Morgan fingerprint density at radius 2 is 1.76 bits per heavy atom. The quantitative estimate of drug-likeness (QED) is 0.658. The van der Waals surface area contributed by atoms with Gasteiger partial charge in [0.1, 0.15) is 0 Å². The fourth-order valence-electron chi connectivity index (χ4n) is 8.50. The Morgan fingerprint density at radius 1 is 1.06 bits per heavy atom. The summed E-state index contributed by atoms with van der Waals surface area (Å²) in [5, 5.41) is 2.92. The second-order valence-corrected chi connectivity index (χ2v) is 12.7.